The first-order valence-electron chi connectivity index (χ1n) is 10.3. The lowest BCUT2D eigenvalue weighted by Crippen LogP contribution is -2.38. The van der Waals surface area contributed by atoms with Crippen LogP contribution in [0.1, 0.15) is 22.8 Å². The Kier molecular flexibility index (Phi) is 8.66. The van der Waals surface area contributed by atoms with Crippen LogP contribution in [0.5, 0.6) is 0 Å². The van der Waals surface area contributed by atoms with Crippen molar-refractivity contribution in [2.45, 2.75) is 18.7 Å². The Balaban J connectivity index is 1.95. The number of hydrogen-bond acceptors (Lipinski definition) is 5. The number of benzene rings is 3. The van der Waals surface area contributed by atoms with Crippen LogP contribution < -0.4 is 9.62 Å². The summed E-state index contributed by atoms with van der Waals surface area (Å²) in [5.74, 6) is -1.32. The summed E-state index contributed by atoms with van der Waals surface area (Å²) < 4.78 is 32.9. The number of nitrogens with zero attached hydrogens (tertiary/aromatic N) is 1. The monoisotopic (exact) mass is 554 g/mol. The van der Waals surface area contributed by atoms with Gasteiger partial charge in [0.05, 0.1) is 27.8 Å². The van der Waals surface area contributed by atoms with E-state index in [9.17, 15) is 18.0 Å². The zero-order chi connectivity index (χ0) is 25.8. The molecule has 0 aliphatic carbocycles. The van der Waals surface area contributed by atoms with Crippen LogP contribution in [0.4, 0.5) is 11.4 Å². The molecule has 0 aliphatic heterocycles. The van der Waals surface area contributed by atoms with Crippen LogP contribution in [0.15, 0.2) is 65.6 Å². The Morgan fingerprint density at radius 1 is 0.943 bits per heavy atom. The maximum Gasteiger partial charge on any atom is 0.339 e. The summed E-state index contributed by atoms with van der Waals surface area (Å²) in [4.78, 5) is 25.1. The Labute approximate surface area is 218 Å². The standard InChI is InChI=1S/C24H21Cl3N2O5S/c1-3-34-24(31)21-13-18(6-9-22(21)27)28-23(30)14-29(19-11-16(25)10-17(26)12-19)35(32,33)20-7-4-15(2)5-8-20/h4-13H,3,14H2,1-2H3,(H,28,30). The summed E-state index contributed by atoms with van der Waals surface area (Å²) in [6.07, 6.45) is 0. The van der Waals surface area contributed by atoms with Crippen LogP contribution in [0.3, 0.4) is 0 Å². The molecule has 0 aromatic heterocycles. The highest BCUT2D eigenvalue weighted by molar-refractivity contribution is 7.92. The summed E-state index contributed by atoms with van der Waals surface area (Å²) in [5.41, 5.74) is 1.29. The minimum absolute atomic E-state index is 0.0110. The molecule has 0 spiro atoms. The lowest BCUT2D eigenvalue weighted by atomic mass is 10.2. The summed E-state index contributed by atoms with van der Waals surface area (Å²) in [7, 11) is -4.17. The lowest BCUT2D eigenvalue weighted by Gasteiger charge is -2.24. The Morgan fingerprint density at radius 3 is 2.17 bits per heavy atom. The third-order valence-corrected chi connectivity index (χ3v) is 7.33. The largest absolute Gasteiger partial charge is 0.462 e. The van der Waals surface area contributed by atoms with Gasteiger partial charge in [0, 0.05) is 15.7 Å². The second-order valence-corrected chi connectivity index (χ2v) is 10.6. The van der Waals surface area contributed by atoms with Crippen LogP contribution in [0.2, 0.25) is 15.1 Å². The van der Waals surface area contributed by atoms with Gasteiger partial charge >= 0.3 is 5.97 Å². The zero-order valence-corrected chi connectivity index (χ0v) is 21.8. The molecule has 0 fully saturated rings. The number of carbonyl (C=O) groups excluding carboxylic acids is 2. The summed E-state index contributed by atoms with van der Waals surface area (Å²) >= 11 is 18.3. The fraction of sp³-hybridized carbons (Fsp3) is 0.167. The van der Waals surface area contributed by atoms with Gasteiger partial charge in [0.2, 0.25) is 5.91 Å². The maximum atomic E-state index is 13.5. The predicted molar refractivity (Wildman–Crippen MR) is 138 cm³/mol. The molecule has 1 N–H and O–H groups in total. The van der Waals surface area contributed by atoms with E-state index in [0.717, 1.165) is 9.87 Å². The third kappa shape index (κ3) is 6.67. The highest BCUT2D eigenvalue weighted by Crippen LogP contribution is 2.30. The van der Waals surface area contributed by atoms with Crippen molar-refractivity contribution in [1.82, 2.24) is 0 Å². The van der Waals surface area contributed by atoms with E-state index in [-0.39, 0.29) is 43.5 Å². The van der Waals surface area contributed by atoms with E-state index in [1.807, 2.05) is 6.92 Å². The van der Waals surface area contributed by atoms with Crippen LogP contribution in [-0.4, -0.2) is 33.4 Å². The van der Waals surface area contributed by atoms with Gasteiger partial charge in [0.1, 0.15) is 6.54 Å². The van der Waals surface area contributed by atoms with E-state index in [1.165, 1.54) is 48.5 Å². The minimum Gasteiger partial charge on any atom is -0.462 e. The molecule has 11 heteroatoms. The average Bonchev–Trinajstić information content (AvgIpc) is 2.78. The number of nitrogens with one attached hydrogen (secondary N) is 1. The van der Waals surface area contributed by atoms with Crippen LogP contribution in [-0.2, 0) is 19.6 Å². The second-order valence-electron chi connectivity index (χ2n) is 7.42. The number of anilines is 2. The first-order chi connectivity index (χ1) is 16.5. The molecule has 0 heterocycles. The van der Waals surface area contributed by atoms with Crippen molar-refractivity contribution >= 4 is 68.1 Å². The highest BCUT2D eigenvalue weighted by Gasteiger charge is 2.28. The summed E-state index contributed by atoms with van der Waals surface area (Å²) in [5, 5.41) is 3.15. The maximum absolute atomic E-state index is 13.5. The van der Waals surface area contributed by atoms with E-state index < -0.39 is 28.4 Å². The van der Waals surface area contributed by atoms with Crippen molar-refractivity contribution in [2.24, 2.45) is 0 Å². The van der Waals surface area contributed by atoms with Crippen molar-refractivity contribution in [1.29, 1.82) is 0 Å². The zero-order valence-electron chi connectivity index (χ0n) is 18.7. The lowest BCUT2D eigenvalue weighted by molar-refractivity contribution is -0.114. The molecule has 0 saturated heterocycles. The molecular weight excluding hydrogens is 535 g/mol. The molecule has 1 amide bonds. The first kappa shape index (κ1) is 26.8. The van der Waals surface area contributed by atoms with E-state index in [1.54, 1.807) is 19.1 Å². The number of hydrogen-bond donors (Lipinski definition) is 1. The molecule has 7 nitrogen and oxygen atoms in total. The molecule has 0 aliphatic rings. The summed E-state index contributed by atoms with van der Waals surface area (Å²) in [6, 6.07) is 14.7. The highest BCUT2D eigenvalue weighted by atomic mass is 35.5. The van der Waals surface area contributed by atoms with Crippen LogP contribution in [0.25, 0.3) is 0 Å². The van der Waals surface area contributed by atoms with Gasteiger partial charge in [-0.05, 0) is 62.4 Å². The quantitative estimate of drug-likeness (QED) is 0.346. The van der Waals surface area contributed by atoms with Gasteiger partial charge in [-0.3, -0.25) is 9.10 Å². The second kappa shape index (κ2) is 11.3. The number of carbonyl (C=O) groups is 2. The molecule has 0 atom stereocenters. The van der Waals surface area contributed by atoms with Gasteiger partial charge in [-0.25, -0.2) is 13.2 Å². The molecule has 0 unspecified atom stereocenters. The fourth-order valence-corrected chi connectivity index (χ4v) is 5.25. The number of esters is 1. The van der Waals surface area contributed by atoms with Crippen LogP contribution in [0, 0.1) is 6.92 Å². The Morgan fingerprint density at radius 2 is 1.57 bits per heavy atom. The van der Waals surface area contributed by atoms with E-state index in [2.05, 4.69) is 5.32 Å². The van der Waals surface area contributed by atoms with Crippen molar-refractivity contribution in [3.8, 4) is 0 Å². The molecule has 184 valence electrons. The SMILES string of the molecule is CCOC(=O)c1cc(NC(=O)CN(c2cc(Cl)cc(Cl)c2)S(=O)(=O)c2ccc(C)cc2)ccc1Cl. The van der Waals surface area contributed by atoms with E-state index in [4.69, 9.17) is 39.5 Å². The molecule has 0 saturated carbocycles. The molecule has 0 bridgehead atoms. The van der Waals surface area contributed by atoms with Gasteiger partial charge in [-0.15, -0.1) is 0 Å². The Hall–Kier alpha value is -2.78. The predicted octanol–water partition coefficient (Wildman–Crippen LogP) is 5.97. The van der Waals surface area contributed by atoms with Crippen molar-refractivity contribution in [3.63, 3.8) is 0 Å². The molecule has 35 heavy (non-hydrogen) atoms. The number of sulfonamides is 1. The normalized spacial score (nSPS) is 11.1. The van der Waals surface area contributed by atoms with Crippen LogP contribution >= 0.6 is 34.8 Å². The van der Waals surface area contributed by atoms with Crippen molar-refractivity contribution in [3.05, 3.63) is 86.9 Å². The smallest absolute Gasteiger partial charge is 0.339 e. The van der Waals surface area contributed by atoms with Gasteiger partial charge in [-0.2, -0.15) is 0 Å². The molecule has 0 radical (unpaired) electrons. The first-order valence-corrected chi connectivity index (χ1v) is 12.9. The van der Waals surface area contributed by atoms with Gasteiger partial charge in [0.25, 0.3) is 10.0 Å². The van der Waals surface area contributed by atoms with Gasteiger partial charge in [-0.1, -0.05) is 52.5 Å². The Bertz CT molecular complexity index is 1340. The van der Waals surface area contributed by atoms with E-state index >= 15 is 0 Å². The fourth-order valence-electron chi connectivity index (χ4n) is 3.14. The van der Waals surface area contributed by atoms with Gasteiger partial charge < -0.3 is 10.1 Å². The number of amides is 1. The topological polar surface area (TPSA) is 92.8 Å². The van der Waals surface area contributed by atoms with E-state index in [0.29, 0.717) is 0 Å². The molecule has 3 rings (SSSR count). The summed E-state index contributed by atoms with van der Waals surface area (Å²) in [6.45, 7) is 3.04. The molecular formula is C24H21Cl3N2O5S. The third-order valence-electron chi connectivity index (χ3n) is 4.78. The van der Waals surface area contributed by atoms with Gasteiger partial charge in [0.15, 0.2) is 0 Å². The average molecular weight is 556 g/mol. The number of aryl methyl sites for hydroxylation is 1. The van der Waals surface area contributed by atoms with Crippen molar-refractivity contribution < 1.29 is 22.7 Å². The van der Waals surface area contributed by atoms with Crippen molar-refractivity contribution in [2.75, 3.05) is 22.8 Å². The molecule has 3 aromatic carbocycles. The number of rotatable bonds is 8. The number of ether oxygens (including phenoxy) is 1. The minimum atomic E-state index is -4.17. The number of halogens is 3. The molecule has 3 aromatic rings.